The summed E-state index contributed by atoms with van der Waals surface area (Å²) in [6.07, 6.45) is 0. The Kier molecular flexibility index (Phi) is 5.99. The van der Waals surface area contributed by atoms with Gasteiger partial charge in [-0.1, -0.05) is 29.8 Å². The second-order valence-electron chi connectivity index (χ2n) is 6.90. The lowest BCUT2D eigenvalue weighted by molar-refractivity contribution is -0.886. The van der Waals surface area contributed by atoms with E-state index in [1.807, 2.05) is 75.5 Å². The minimum Gasteiger partial charge on any atom is -0.455 e. The second kappa shape index (κ2) is 8.42. The molecule has 0 aliphatic heterocycles. The van der Waals surface area contributed by atoms with E-state index in [2.05, 4.69) is 5.32 Å². The maximum Gasteiger partial charge on any atom is 0.279 e. The first-order chi connectivity index (χ1) is 12.9. The van der Waals surface area contributed by atoms with Crippen molar-refractivity contribution in [2.24, 2.45) is 0 Å². The minimum atomic E-state index is -0.00520. The lowest BCUT2D eigenvalue weighted by Gasteiger charge is -2.15. The highest BCUT2D eigenvalue weighted by atomic mass is 35.5. The second-order valence-corrected chi connectivity index (χ2v) is 7.33. The van der Waals surface area contributed by atoms with Crippen LogP contribution >= 0.6 is 11.6 Å². The van der Waals surface area contributed by atoms with Crippen LogP contribution in [-0.2, 0) is 11.3 Å². The molecule has 4 nitrogen and oxygen atoms in total. The Morgan fingerprint density at radius 2 is 1.70 bits per heavy atom. The molecule has 2 aromatic carbocycles. The largest absolute Gasteiger partial charge is 0.455 e. The molecule has 1 unspecified atom stereocenters. The van der Waals surface area contributed by atoms with Gasteiger partial charge in [-0.25, -0.2) is 0 Å². The van der Waals surface area contributed by atoms with Gasteiger partial charge in [-0.15, -0.1) is 0 Å². The Balaban J connectivity index is 1.58. The van der Waals surface area contributed by atoms with Crippen molar-refractivity contribution in [3.05, 3.63) is 76.5 Å². The van der Waals surface area contributed by atoms with Crippen molar-refractivity contribution in [1.82, 2.24) is 0 Å². The predicted octanol–water partition coefficient (Wildman–Crippen LogP) is 3.87. The summed E-state index contributed by atoms with van der Waals surface area (Å²) in [5.74, 6) is 1.64. The summed E-state index contributed by atoms with van der Waals surface area (Å²) in [4.78, 5) is 13.5. The third kappa shape index (κ3) is 5.00. The number of nitrogens with one attached hydrogen (secondary N) is 2. The van der Waals surface area contributed by atoms with Gasteiger partial charge in [-0.05, 0) is 61.4 Å². The molecule has 1 amide bonds. The number of para-hydroxylation sites is 1. The van der Waals surface area contributed by atoms with Crippen LogP contribution in [-0.4, -0.2) is 19.5 Å². The maximum absolute atomic E-state index is 12.4. The van der Waals surface area contributed by atoms with Crippen molar-refractivity contribution >= 4 is 23.2 Å². The highest BCUT2D eigenvalue weighted by molar-refractivity contribution is 6.30. The van der Waals surface area contributed by atoms with Gasteiger partial charge in [0.25, 0.3) is 5.91 Å². The van der Waals surface area contributed by atoms with E-state index < -0.39 is 0 Å². The smallest absolute Gasteiger partial charge is 0.279 e. The van der Waals surface area contributed by atoms with Crippen LogP contribution in [0.4, 0.5) is 5.69 Å². The number of carbonyl (C=O) groups excluding carboxylic acids is 1. The van der Waals surface area contributed by atoms with E-state index in [1.165, 1.54) is 0 Å². The highest BCUT2D eigenvalue weighted by Gasteiger charge is 2.15. The van der Waals surface area contributed by atoms with Crippen LogP contribution in [0.1, 0.15) is 16.9 Å². The lowest BCUT2D eigenvalue weighted by Crippen LogP contribution is -3.08. The van der Waals surface area contributed by atoms with E-state index in [1.54, 1.807) is 0 Å². The van der Waals surface area contributed by atoms with Crippen LogP contribution in [0.15, 0.2) is 59.0 Å². The molecule has 140 valence electrons. The summed E-state index contributed by atoms with van der Waals surface area (Å²) in [6, 6.07) is 17.4. The van der Waals surface area contributed by atoms with Gasteiger partial charge in [0, 0.05) is 16.3 Å². The Bertz CT molecular complexity index is 911. The fraction of sp³-hybridized carbons (Fsp3) is 0.227. The molecule has 1 heterocycles. The standard InChI is InChI=1S/C22H23ClN2O2/c1-15-5-4-6-16(2)22(15)24-21(26)14-25(3)13-19-11-12-20(27-19)17-7-9-18(23)10-8-17/h4-12H,13-14H2,1-3H3,(H,24,26)/p+1. The number of rotatable bonds is 6. The molecule has 2 N–H and O–H groups in total. The van der Waals surface area contributed by atoms with E-state index in [0.717, 1.165) is 38.8 Å². The van der Waals surface area contributed by atoms with Gasteiger partial charge in [0.1, 0.15) is 12.3 Å². The zero-order chi connectivity index (χ0) is 19.4. The Hall–Kier alpha value is -2.56. The number of carbonyl (C=O) groups is 1. The van der Waals surface area contributed by atoms with Gasteiger partial charge in [0.15, 0.2) is 12.3 Å². The van der Waals surface area contributed by atoms with E-state index in [0.29, 0.717) is 18.1 Å². The number of halogens is 1. The molecule has 0 fully saturated rings. The topological polar surface area (TPSA) is 46.7 Å². The van der Waals surface area contributed by atoms with Crippen molar-refractivity contribution in [1.29, 1.82) is 0 Å². The average Bonchev–Trinajstić information content (AvgIpc) is 3.07. The number of anilines is 1. The summed E-state index contributed by atoms with van der Waals surface area (Å²) in [7, 11) is 1.98. The number of hydrogen-bond acceptors (Lipinski definition) is 2. The van der Waals surface area contributed by atoms with E-state index in [9.17, 15) is 4.79 Å². The normalized spacial score (nSPS) is 12.0. The molecular formula is C22H24ClN2O2+. The number of amides is 1. The Morgan fingerprint density at radius 1 is 1.04 bits per heavy atom. The van der Waals surface area contributed by atoms with Crippen molar-refractivity contribution in [2.75, 3.05) is 18.9 Å². The number of benzene rings is 2. The molecule has 1 aromatic heterocycles. The van der Waals surface area contributed by atoms with Crippen LogP contribution in [0.3, 0.4) is 0 Å². The van der Waals surface area contributed by atoms with E-state index in [4.69, 9.17) is 16.0 Å². The number of quaternary nitrogens is 1. The first-order valence-electron chi connectivity index (χ1n) is 8.94. The molecule has 0 radical (unpaired) electrons. The van der Waals surface area contributed by atoms with Crippen molar-refractivity contribution < 1.29 is 14.1 Å². The van der Waals surface area contributed by atoms with Crippen molar-refractivity contribution in [3.63, 3.8) is 0 Å². The average molecular weight is 384 g/mol. The summed E-state index contributed by atoms with van der Waals surface area (Å²) in [5, 5.41) is 3.73. The molecule has 3 aromatic rings. The van der Waals surface area contributed by atoms with Crippen LogP contribution < -0.4 is 10.2 Å². The first kappa shape index (κ1) is 19.2. The molecule has 0 spiro atoms. The van der Waals surface area contributed by atoms with Gasteiger partial charge in [0.2, 0.25) is 0 Å². The molecule has 0 saturated heterocycles. The molecule has 0 bridgehead atoms. The number of furan rings is 1. The van der Waals surface area contributed by atoms with Gasteiger partial charge in [-0.3, -0.25) is 4.79 Å². The van der Waals surface area contributed by atoms with Crippen LogP contribution in [0, 0.1) is 13.8 Å². The molecule has 27 heavy (non-hydrogen) atoms. The fourth-order valence-electron chi connectivity index (χ4n) is 3.07. The molecule has 0 aliphatic rings. The molecule has 1 atom stereocenters. The fourth-order valence-corrected chi connectivity index (χ4v) is 3.20. The third-order valence-corrected chi connectivity index (χ3v) is 4.73. The number of hydrogen-bond donors (Lipinski definition) is 2. The van der Waals surface area contributed by atoms with Gasteiger partial charge in [-0.2, -0.15) is 0 Å². The summed E-state index contributed by atoms with van der Waals surface area (Å²) < 4.78 is 5.92. The minimum absolute atomic E-state index is 0.00520. The van der Waals surface area contributed by atoms with Crippen LogP contribution in [0.25, 0.3) is 11.3 Å². The lowest BCUT2D eigenvalue weighted by atomic mass is 10.1. The Labute approximate surface area is 164 Å². The van der Waals surface area contributed by atoms with Gasteiger partial charge >= 0.3 is 0 Å². The van der Waals surface area contributed by atoms with Gasteiger partial charge in [0.05, 0.1) is 7.05 Å². The monoisotopic (exact) mass is 383 g/mol. The highest BCUT2D eigenvalue weighted by Crippen LogP contribution is 2.23. The molecular weight excluding hydrogens is 360 g/mol. The quantitative estimate of drug-likeness (QED) is 0.678. The molecule has 3 rings (SSSR count). The number of likely N-dealkylation sites (N-methyl/N-ethyl adjacent to an activating group) is 1. The Morgan fingerprint density at radius 3 is 2.37 bits per heavy atom. The maximum atomic E-state index is 12.4. The first-order valence-corrected chi connectivity index (χ1v) is 9.32. The van der Waals surface area contributed by atoms with E-state index >= 15 is 0 Å². The summed E-state index contributed by atoms with van der Waals surface area (Å²) in [5.41, 5.74) is 4.02. The molecule has 5 heteroatoms. The summed E-state index contributed by atoms with van der Waals surface area (Å²) >= 11 is 5.93. The van der Waals surface area contributed by atoms with Crippen molar-refractivity contribution in [3.8, 4) is 11.3 Å². The van der Waals surface area contributed by atoms with Gasteiger partial charge < -0.3 is 14.6 Å². The summed E-state index contributed by atoms with van der Waals surface area (Å²) in [6.45, 7) is 5.00. The zero-order valence-corrected chi connectivity index (χ0v) is 16.6. The number of aryl methyl sites for hydroxylation is 2. The van der Waals surface area contributed by atoms with Crippen LogP contribution in [0.2, 0.25) is 5.02 Å². The van der Waals surface area contributed by atoms with E-state index in [-0.39, 0.29) is 5.91 Å². The van der Waals surface area contributed by atoms with Crippen molar-refractivity contribution in [2.45, 2.75) is 20.4 Å². The predicted molar refractivity (Wildman–Crippen MR) is 109 cm³/mol. The molecule has 0 aliphatic carbocycles. The third-order valence-electron chi connectivity index (χ3n) is 4.47. The SMILES string of the molecule is Cc1cccc(C)c1NC(=O)C[NH+](C)Cc1ccc(-c2ccc(Cl)cc2)o1. The zero-order valence-electron chi connectivity index (χ0n) is 15.8. The van der Waals surface area contributed by atoms with Crippen LogP contribution in [0.5, 0.6) is 0 Å². The molecule has 0 saturated carbocycles.